The maximum absolute atomic E-state index is 12.5. The summed E-state index contributed by atoms with van der Waals surface area (Å²) >= 11 is 0. The highest BCUT2D eigenvalue weighted by Gasteiger charge is 2.27. The van der Waals surface area contributed by atoms with Crippen molar-refractivity contribution in [3.8, 4) is 0 Å². The van der Waals surface area contributed by atoms with Crippen molar-refractivity contribution in [3.63, 3.8) is 0 Å². The minimum atomic E-state index is -3.66. The summed E-state index contributed by atoms with van der Waals surface area (Å²) in [6, 6.07) is 1.67. The van der Waals surface area contributed by atoms with E-state index in [-0.39, 0.29) is 11.7 Å². The number of hydrogen-bond donors (Lipinski definition) is 2. The molecule has 7 heteroatoms. The zero-order valence-electron chi connectivity index (χ0n) is 16.7. The van der Waals surface area contributed by atoms with Crippen molar-refractivity contribution < 1.29 is 13.2 Å². The number of urea groups is 1. The molecular weight excluding hydrogens is 374 g/mol. The summed E-state index contributed by atoms with van der Waals surface area (Å²) in [5, 5.41) is 2.91. The van der Waals surface area contributed by atoms with Crippen LogP contribution in [0.3, 0.4) is 0 Å². The molecule has 2 aliphatic carbocycles. The van der Waals surface area contributed by atoms with Crippen molar-refractivity contribution in [1.29, 1.82) is 0 Å². The molecule has 4 rings (SSSR count). The van der Waals surface area contributed by atoms with Gasteiger partial charge in [-0.25, -0.2) is 17.9 Å². The van der Waals surface area contributed by atoms with Gasteiger partial charge in [-0.15, -0.1) is 0 Å². The molecule has 1 aromatic rings. The second kappa shape index (κ2) is 8.03. The van der Waals surface area contributed by atoms with Crippen LogP contribution in [-0.4, -0.2) is 44.7 Å². The molecule has 6 nitrogen and oxygen atoms in total. The van der Waals surface area contributed by atoms with Crippen molar-refractivity contribution in [2.75, 3.05) is 30.7 Å². The van der Waals surface area contributed by atoms with E-state index in [0.29, 0.717) is 0 Å². The van der Waals surface area contributed by atoms with E-state index in [4.69, 9.17) is 0 Å². The molecule has 154 valence electrons. The lowest BCUT2D eigenvalue weighted by Crippen LogP contribution is -2.39. The van der Waals surface area contributed by atoms with Crippen LogP contribution in [0.1, 0.15) is 54.9 Å². The Morgan fingerprint density at radius 2 is 1.64 bits per heavy atom. The van der Waals surface area contributed by atoms with Crippen molar-refractivity contribution in [2.45, 2.75) is 58.3 Å². The summed E-state index contributed by atoms with van der Waals surface area (Å²) in [5.74, 6) is -0.0318. The van der Waals surface area contributed by atoms with Gasteiger partial charge >= 0.3 is 6.03 Å². The molecule has 2 N–H and O–H groups in total. The summed E-state index contributed by atoms with van der Waals surface area (Å²) in [7, 11) is -3.66. The number of carbonyl (C=O) groups excluding carboxylic acids is 1. The average Bonchev–Trinajstić information content (AvgIpc) is 3.33. The van der Waals surface area contributed by atoms with E-state index in [9.17, 15) is 13.2 Å². The maximum atomic E-state index is 12.5. The van der Waals surface area contributed by atoms with E-state index in [1.807, 2.05) is 6.92 Å². The van der Waals surface area contributed by atoms with Crippen LogP contribution in [0.4, 0.5) is 10.5 Å². The Kier molecular flexibility index (Phi) is 5.65. The lowest BCUT2D eigenvalue weighted by atomic mass is 9.99. The Morgan fingerprint density at radius 3 is 2.25 bits per heavy atom. The van der Waals surface area contributed by atoms with Gasteiger partial charge in [0.25, 0.3) is 0 Å². The van der Waals surface area contributed by atoms with E-state index in [0.717, 1.165) is 63.8 Å². The third kappa shape index (κ3) is 4.35. The largest absolute Gasteiger partial charge is 0.332 e. The second-order valence-corrected chi connectivity index (χ2v) is 10.5. The highest BCUT2D eigenvalue weighted by molar-refractivity contribution is 7.90. The summed E-state index contributed by atoms with van der Waals surface area (Å²) < 4.78 is 27.2. The van der Waals surface area contributed by atoms with Crippen LogP contribution in [0.2, 0.25) is 0 Å². The number of fused-ring (bicyclic) bond motifs is 2. The molecule has 2 amide bonds. The van der Waals surface area contributed by atoms with E-state index in [2.05, 4.69) is 21.0 Å². The third-order valence-electron chi connectivity index (χ3n) is 6.23. The number of hydrogen-bond acceptors (Lipinski definition) is 4. The van der Waals surface area contributed by atoms with Gasteiger partial charge in [-0.1, -0.05) is 13.0 Å². The van der Waals surface area contributed by atoms with Crippen LogP contribution in [0.25, 0.3) is 0 Å². The molecular formula is C21H31N3O3S. The molecule has 0 saturated carbocycles. The molecule has 1 unspecified atom stereocenters. The first-order chi connectivity index (χ1) is 13.4. The number of benzene rings is 1. The number of carbonyl (C=O) groups is 1. The normalized spacial score (nSPS) is 20.0. The van der Waals surface area contributed by atoms with Crippen LogP contribution >= 0.6 is 0 Å². The first kappa shape index (κ1) is 19.7. The van der Waals surface area contributed by atoms with Gasteiger partial charge in [0.2, 0.25) is 10.0 Å². The van der Waals surface area contributed by atoms with Crippen LogP contribution in [0.5, 0.6) is 0 Å². The van der Waals surface area contributed by atoms with Gasteiger partial charge in [0.1, 0.15) is 0 Å². The first-order valence-corrected chi connectivity index (χ1v) is 12.3. The van der Waals surface area contributed by atoms with Crippen LogP contribution in [0, 0.1) is 5.92 Å². The van der Waals surface area contributed by atoms with Crippen LogP contribution in [0.15, 0.2) is 6.07 Å². The molecule has 0 aromatic heterocycles. The Labute approximate surface area is 168 Å². The fraction of sp³-hybridized carbons (Fsp3) is 0.667. The average molecular weight is 406 g/mol. The SMILES string of the molecule is CC(CN1CCCC1)CS(=O)(=O)NC(=O)Nc1c2c(cc3c1CCC3)CCC2. The minimum Gasteiger partial charge on any atom is -0.307 e. The van der Waals surface area contributed by atoms with Gasteiger partial charge < -0.3 is 10.2 Å². The lowest BCUT2D eigenvalue weighted by Gasteiger charge is -2.20. The summed E-state index contributed by atoms with van der Waals surface area (Å²) in [6.07, 6.45) is 8.57. The topological polar surface area (TPSA) is 78.5 Å². The van der Waals surface area contributed by atoms with Gasteiger partial charge in [0.15, 0.2) is 0 Å². The number of anilines is 1. The molecule has 0 spiro atoms. The monoisotopic (exact) mass is 405 g/mol. The fourth-order valence-corrected chi connectivity index (χ4v) is 6.39. The summed E-state index contributed by atoms with van der Waals surface area (Å²) in [6.45, 7) is 4.79. The van der Waals surface area contributed by atoms with Crippen LogP contribution in [-0.2, 0) is 35.7 Å². The van der Waals surface area contributed by atoms with Gasteiger partial charge in [0.05, 0.1) is 5.75 Å². The highest BCUT2D eigenvalue weighted by atomic mass is 32.2. The van der Waals surface area contributed by atoms with Crippen LogP contribution < -0.4 is 10.0 Å². The predicted octanol–water partition coefficient (Wildman–Crippen LogP) is 2.85. The molecule has 1 fully saturated rings. The smallest absolute Gasteiger partial charge is 0.307 e. The van der Waals surface area contributed by atoms with Gasteiger partial charge in [-0.2, -0.15) is 0 Å². The first-order valence-electron chi connectivity index (χ1n) is 10.6. The van der Waals surface area contributed by atoms with Gasteiger partial charge in [-0.05, 0) is 92.6 Å². The van der Waals surface area contributed by atoms with Gasteiger partial charge in [-0.3, -0.25) is 0 Å². The fourth-order valence-electron chi connectivity index (χ4n) is 5.12. The molecule has 0 radical (unpaired) electrons. The minimum absolute atomic E-state index is 0.00591. The number of amides is 2. The van der Waals surface area contributed by atoms with Crippen molar-refractivity contribution in [1.82, 2.24) is 9.62 Å². The Hall–Kier alpha value is -1.60. The highest BCUT2D eigenvalue weighted by Crippen LogP contribution is 2.38. The van der Waals surface area contributed by atoms with Crippen molar-refractivity contribution >= 4 is 21.7 Å². The number of rotatable bonds is 6. The molecule has 1 aliphatic heterocycles. The number of aryl methyl sites for hydroxylation is 2. The van der Waals surface area contributed by atoms with Gasteiger partial charge in [0, 0.05) is 12.2 Å². The number of nitrogens with one attached hydrogen (secondary N) is 2. The summed E-state index contributed by atoms with van der Waals surface area (Å²) in [5.41, 5.74) is 5.92. The molecule has 1 atom stereocenters. The van der Waals surface area contributed by atoms with Crippen molar-refractivity contribution in [2.24, 2.45) is 5.92 Å². The predicted molar refractivity (Wildman–Crippen MR) is 111 cm³/mol. The lowest BCUT2D eigenvalue weighted by molar-refractivity contribution is 0.256. The zero-order valence-corrected chi connectivity index (χ0v) is 17.5. The van der Waals surface area contributed by atoms with E-state index in [1.165, 1.54) is 35.1 Å². The second-order valence-electron chi connectivity index (χ2n) is 8.68. The quantitative estimate of drug-likeness (QED) is 0.763. The molecule has 1 aromatic carbocycles. The molecule has 28 heavy (non-hydrogen) atoms. The van der Waals surface area contributed by atoms with Crippen molar-refractivity contribution in [3.05, 3.63) is 28.3 Å². The van der Waals surface area contributed by atoms with E-state index < -0.39 is 16.1 Å². The molecule has 3 aliphatic rings. The molecule has 1 saturated heterocycles. The molecule has 0 bridgehead atoms. The van der Waals surface area contributed by atoms with E-state index in [1.54, 1.807) is 0 Å². The maximum Gasteiger partial charge on any atom is 0.332 e. The Morgan fingerprint density at radius 1 is 1.04 bits per heavy atom. The third-order valence-corrected chi connectivity index (χ3v) is 7.74. The number of nitrogens with zero attached hydrogens (tertiary/aromatic N) is 1. The van der Waals surface area contributed by atoms with E-state index >= 15 is 0 Å². The molecule has 1 heterocycles. The summed E-state index contributed by atoms with van der Waals surface area (Å²) in [4.78, 5) is 14.8. The standard InChI is InChI=1S/C21H31N3O3S/c1-15(13-24-10-2-3-11-24)14-28(26,27)23-21(25)22-20-18-8-4-6-16(18)12-17-7-5-9-19(17)20/h12,15H,2-11,13-14H2,1H3,(H2,22,23,25). The Bertz CT molecular complexity index is 828. The number of likely N-dealkylation sites (tertiary alicyclic amines) is 1. The number of sulfonamides is 1. The zero-order chi connectivity index (χ0) is 19.7. The Balaban J connectivity index is 1.40.